The average molecular weight is 438 g/mol. The third-order valence-electron chi connectivity index (χ3n) is 5.57. The molecular formula is C23H27N5O2S. The van der Waals surface area contributed by atoms with Crippen LogP contribution in [0.3, 0.4) is 0 Å². The van der Waals surface area contributed by atoms with Gasteiger partial charge in [-0.15, -0.1) is 0 Å². The summed E-state index contributed by atoms with van der Waals surface area (Å²) in [4.78, 5) is 33.4. The molecule has 1 saturated heterocycles. The van der Waals surface area contributed by atoms with Gasteiger partial charge in [-0.3, -0.25) is 9.59 Å². The summed E-state index contributed by atoms with van der Waals surface area (Å²) in [6.45, 7) is 2.33. The van der Waals surface area contributed by atoms with Crippen molar-refractivity contribution in [1.29, 1.82) is 0 Å². The minimum atomic E-state index is -0.635. The van der Waals surface area contributed by atoms with Crippen LogP contribution in [0.15, 0.2) is 48.5 Å². The zero-order chi connectivity index (χ0) is 21.8. The Balaban J connectivity index is 1.22. The van der Waals surface area contributed by atoms with E-state index in [0.717, 1.165) is 42.3 Å². The highest BCUT2D eigenvalue weighted by atomic mass is 32.1. The van der Waals surface area contributed by atoms with Gasteiger partial charge in [-0.05, 0) is 55.2 Å². The van der Waals surface area contributed by atoms with Crippen LogP contribution in [0.4, 0.5) is 16.5 Å². The van der Waals surface area contributed by atoms with Crippen molar-refractivity contribution in [3.8, 4) is 0 Å². The molecule has 31 heavy (non-hydrogen) atoms. The van der Waals surface area contributed by atoms with Crippen molar-refractivity contribution in [1.82, 2.24) is 10.3 Å². The Morgan fingerprint density at radius 3 is 2.45 bits per heavy atom. The number of carbonyl (C=O) groups is 2. The van der Waals surface area contributed by atoms with Crippen molar-refractivity contribution in [3.63, 3.8) is 0 Å². The molecule has 0 bridgehead atoms. The highest BCUT2D eigenvalue weighted by molar-refractivity contribution is 7.22. The van der Waals surface area contributed by atoms with Crippen LogP contribution in [-0.2, 0) is 9.59 Å². The molecule has 2 N–H and O–H groups in total. The molecule has 0 saturated carbocycles. The van der Waals surface area contributed by atoms with Gasteiger partial charge in [-0.2, -0.15) is 0 Å². The number of thiazole rings is 1. The van der Waals surface area contributed by atoms with Gasteiger partial charge in [0, 0.05) is 45.1 Å². The van der Waals surface area contributed by atoms with E-state index in [9.17, 15) is 9.59 Å². The summed E-state index contributed by atoms with van der Waals surface area (Å²) in [6.07, 6.45) is 1.92. The van der Waals surface area contributed by atoms with Gasteiger partial charge in [0.05, 0.1) is 10.2 Å². The molecule has 0 unspecified atom stereocenters. The topological polar surface area (TPSA) is 77.6 Å². The van der Waals surface area contributed by atoms with Gasteiger partial charge in [0.15, 0.2) is 5.13 Å². The molecule has 2 amide bonds. The van der Waals surface area contributed by atoms with Crippen LogP contribution >= 0.6 is 11.3 Å². The predicted molar refractivity (Wildman–Crippen MR) is 127 cm³/mol. The van der Waals surface area contributed by atoms with E-state index < -0.39 is 11.8 Å². The summed E-state index contributed by atoms with van der Waals surface area (Å²) >= 11 is 1.72. The smallest absolute Gasteiger partial charge is 0.313 e. The van der Waals surface area contributed by atoms with Gasteiger partial charge in [0.2, 0.25) is 0 Å². The maximum absolute atomic E-state index is 12.2. The Hall–Kier alpha value is -3.13. The Kier molecular flexibility index (Phi) is 6.36. The lowest BCUT2D eigenvalue weighted by atomic mass is 9.97. The second-order valence-electron chi connectivity index (χ2n) is 8.00. The molecule has 4 rings (SSSR count). The zero-order valence-corrected chi connectivity index (χ0v) is 18.6. The number of hydrogen-bond donors (Lipinski definition) is 2. The highest BCUT2D eigenvalue weighted by Crippen LogP contribution is 2.31. The van der Waals surface area contributed by atoms with Gasteiger partial charge in [0.25, 0.3) is 0 Å². The van der Waals surface area contributed by atoms with Gasteiger partial charge in [0.1, 0.15) is 0 Å². The SMILES string of the molecule is CN(C)c1ccc(NC(=O)C(=O)NCC2CCN(c3nc4ccccc4s3)CC2)cc1. The molecule has 0 atom stereocenters. The van der Waals surface area contributed by atoms with Crippen molar-refractivity contribution in [2.24, 2.45) is 5.92 Å². The molecule has 8 heteroatoms. The molecule has 2 heterocycles. The Morgan fingerprint density at radius 1 is 1.06 bits per heavy atom. The number of nitrogens with zero attached hydrogens (tertiary/aromatic N) is 3. The maximum Gasteiger partial charge on any atom is 0.313 e. The molecule has 0 spiro atoms. The van der Waals surface area contributed by atoms with Crippen molar-refractivity contribution in [2.75, 3.05) is 48.8 Å². The van der Waals surface area contributed by atoms with Gasteiger partial charge in [-0.1, -0.05) is 23.5 Å². The number of aromatic nitrogens is 1. The van der Waals surface area contributed by atoms with Gasteiger partial charge in [-0.25, -0.2) is 4.98 Å². The number of anilines is 3. The number of fused-ring (bicyclic) bond motifs is 1. The summed E-state index contributed by atoms with van der Waals surface area (Å²) in [6, 6.07) is 15.6. The van der Waals surface area contributed by atoms with Crippen molar-refractivity contribution >= 4 is 49.9 Å². The number of amides is 2. The first kappa shape index (κ1) is 21.1. The lowest BCUT2D eigenvalue weighted by molar-refractivity contribution is -0.136. The van der Waals surface area contributed by atoms with Crippen LogP contribution in [0.2, 0.25) is 0 Å². The summed E-state index contributed by atoms with van der Waals surface area (Å²) in [5, 5.41) is 6.50. The summed E-state index contributed by atoms with van der Waals surface area (Å²) < 4.78 is 1.20. The number of benzene rings is 2. The summed E-state index contributed by atoms with van der Waals surface area (Å²) in [5.41, 5.74) is 2.67. The van der Waals surface area contributed by atoms with E-state index in [-0.39, 0.29) is 0 Å². The molecule has 0 radical (unpaired) electrons. The van der Waals surface area contributed by atoms with E-state index in [2.05, 4.69) is 21.6 Å². The van der Waals surface area contributed by atoms with E-state index in [4.69, 9.17) is 4.98 Å². The molecule has 162 valence electrons. The molecule has 1 aliphatic rings. The minimum Gasteiger partial charge on any atom is -0.378 e. The molecule has 2 aromatic carbocycles. The third kappa shape index (κ3) is 5.14. The van der Waals surface area contributed by atoms with Crippen LogP contribution in [0, 0.1) is 5.92 Å². The lowest BCUT2D eigenvalue weighted by Gasteiger charge is -2.31. The molecular weight excluding hydrogens is 410 g/mol. The largest absolute Gasteiger partial charge is 0.378 e. The van der Waals surface area contributed by atoms with Crippen molar-refractivity contribution < 1.29 is 9.59 Å². The number of piperidine rings is 1. The summed E-state index contributed by atoms with van der Waals surface area (Å²) in [5.74, 6) is -0.864. The highest BCUT2D eigenvalue weighted by Gasteiger charge is 2.23. The summed E-state index contributed by atoms with van der Waals surface area (Å²) in [7, 11) is 3.90. The first-order chi connectivity index (χ1) is 15.0. The quantitative estimate of drug-likeness (QED) is 0.599. The number of carbonyl (C=O) groups excluding carboxylic acids is 2. The Bertz CT molecular complexity index is 1020. The fourth-order valence-corrected chi connectivity index (χ4v) is 4.69. The van der Waals surface area contributed by atoms with Crippen LogP contribution in [-0.4, -0.2) is 50.5 Å². The Morgan fingerprint density at radius 2 is 1.77 bits per heavy atom. The van der Waals surface area contributed by atoms with E-state index >= 15 is 0 Å². The lowest BCUT2D eigenvalue weighted by Crippen LogP contribution is -2.41. The maximum atomic E-state index is 12.2. The number of nitrogens with one attached hydrogen (secondary N) is 2. The van der Waals surface area contributed by atoms with E-state index in [1.54, 1.807) is 23.5 Å². The fourth-order valence-electron chi connectivity index (χ4n) is 3.67. The van der Waals surface area contributed by atoms with E-state index in [1.165, 1.54) is 4.70 Å². The van der Waals surface area contributed by atoms with Crippen molar-refractivity contribution in [3.05, 3.63) is 48.5 Å². The van der Waals surface area contributed by atoms with Crippen molar-refractivity contribution in [2.45, 2.75) is 12.8 Å². The van der Waals surface area contributed by atoms with Crippen LogP contribution in [0.25, 0.3) is 10.2 Å². The first-order valence-electron chi connectivity index (χ1n) is 10.5. The predicted octanol–water partition coefficient (Wildman–Crippen LogP) is 3.33. The third-order valence-corrected chi connectivity index (χ3v) is 6.66. The number of hydrogen-bond acceptors (Lipinski definition) is 6. The molecule has 1 fully saturated rings. The van der Waals surface area contributed by atoms with Crippen LogP contribution < -0.4 is 20.4 Å². The first-order valence-corrected chi connectivity index (χ1v) is 11.3. The molecule has 0 aliphatic carbocycles. The van der Waals surface area contributed by atoms with Gasteiger partial charge < -0.3 is 20.4 Å². The fraction of sp³-hybridized carbons (Fsp3) is 0.348. The van der Waals surface area contributed by atoms with E-state index in [0.29, 0.717) is 18.2 Å². The second-order valence-corrected chi connectivity index (χ2v) is 9.01. The minimum absolute atomic E-state index is 0.363. The second kappa shape index (κ2) is 9.34. The Labute approximate surface area is 186 Å². The van der Waals surface area contributed by atoms with Gasteiger partial charge >= 0.3 is 11.8 Å². The zero-order valence-electron chi connectivity index (χ0n) is 17.8. The number of rotatable bonds is 5. The van der Waals surface area contributed by atoms with E-state index in [1.807, 2.05) is 49.3 Å². The number of para-hydroxylation sites is 1. The standard InChI is InChI=1S/C23H27N5O2S/c1-27(2)18-9-7-17(8-10-18)25-22(30)21(29)24-15-16-11-13-28(14-12-16)23-26-19-5-3-4-6-20(19)31-23/h3-10,16H,11-15H2,1-2H3,(H,24,29)(H,25,30). The average Bonchev–Trinajstić information content (AvgIpc) is 3.22. The molecule has 7 nitrogen and oxygen atoms in total. The molecule has 3 aromatic rings. The monoisotopic (exact) mass is 437 g/mol. The molecule has 1 aromatic heterocycles. The molecule has 1 aliphatic heterocycles. The van der Waals surface area contributed by atoms with Crippen LogP contribution in [0.1, 0.15) is 12.8 Å². The van der Waals surface area contributed by atoms with Crippen LogP contribution in [0.5, 0.6) is 0 Å². The normalized spacial score (nSPS) is 14.5.